The fourth-order valence-electron chi connectivity index (χ4n) is 3.38. The number of unbranched alkanes of at least 4 members (excludes halogenated alkanes) is 1. The molecule has 0 saturated heterocycles. The van der Waals surface area contributed by atoms with Crippen LogP contribution in [0, 0.1) is 0 Å². The molecule has 228 valence electrons. The molecule has 0 saturated carbocycles. The molecule has 0 aliphatic carbocycles. The normalized spacial score (nSPS) is 10.1. The average molecular weight is 603 g/mol. The first kappa shape index (κ1) is 32.8. The summed E-state index contributed by atoms with van der Waals surface area (Å²) in [4.78, 5) is 59.1. The van der Waals surface area contributed by atoms with E-state index in [1.165, 1.54) is 48.5 Å². The quantitative estimate of drug-likeness (QED) is 0.0727. The summed E-state index contributed by atoms with van der Waals surface area (Å²) in [5.41, 5.74) is 0.734. The van der Waals surface area contributed by atoms with E-state index in [1.807, 2.05) is 0 Å². The summed E-state index contributed by atoms with van der Waals surface area (Å²) in [6, 6.07) is 18.0. The first-order valence-corrected chi connectivity index (χ1v) is 13.4. The van der Waals surface area contributed by atoms with Crippen LogP contribution in [-0.4, -0.2) is 56.3 Å². The number of esters is 5. The number of ether oxygens (including phenoxy) is 6. The van der Waals surface area contributed by atoms with E-state index in [1.54, 1.807) is 24.3 Å². The van der Waals surface area contributed by atoms with E-state index in [0.717, 1.165) is 12.2 Å². The predicted octanol–water partition coefficient (Wildman–Crippen LogP) is 4.90. The third-order valence-corrected chi connectivity index (χ3v) is 5.64. The molecule has 0 radical (unpaired) electrons. The zero-order chi connectivity index (χ0) is 31.7. The molecule has 0 aromatic heterocycles. The number of benzene rings is 3. The van der Waals surface area contributed by atoms with Gasteiger partial charge >= 0.3 is 29.8 Å². The molecule has 0 bridgehead atoms. The second-order valence-corrected chi connectivity index (χ2v) is 8.79. The molecule has 3 aromatic rings. The lowest BCUT2D eigenvalue weighted by atomic mass is 10.2. The zero-order valence-corrected chi connectivity index (χ0v) is 23.7. The lowest BCUT2D eigenvalue weighted by Crippen LogP contribution is -2.13. The van der Waals surface area contributed by atoms with Crippen LogP contribution in [0.3, 0.4) is 0 Å². The monoisotopic (exact) mass is 602 g/mol. The Labute approximate surface area is 253 Å². The van der Waals surface area contributed by atoms with Crippen molar-refractivity contribution in [3.05, 3.63) is 115 Å². The van der Waals surface area contributed by atoms with Gasteiger partial charge in [0.1, 0.15) is 30.5 Å². The summed E-state index contributed by atoms with van der Waals surface area (Å²) in [5.74, 6) is -1.96. The highest BCUT2D eigenvalue weighted by Gasteiger charge is 2.13. The van der Waals surface area contributed by atoms with Crippen molar-refractivity contribution in [1.29, 1.82) is 0 Å². The Morgan fingerprint density at radius 2 is 0.864 bits per heavy atom. The van der Waals surface area contributed by atoms with Gasteiger partial charge in [-0.05, 0) is 85.6 Å². The largest absolute Gasteiger partial charge is 0.494 e. The molecule has 0 heterocycles. The predicted molar refractivity (Wildman–Crippen MR) is 157 cm³/mol. The SMILES string of the molecule is C=CC(=O)OCCCCOc1ccc(C(=O)Oc2ccc(C(=O)Oc3ccc(C(=O)OCCOC(=O)C=C)cc3)cc2)cc1. The summed E-state index contributed by atoms with van der Waals surface area (Å²) in [5, 5.41) is 0. The molecule has 0 unspecified atom stereocenters. The Morgan fingerprint density at radius 1 is 0.477 bits per heavy atom. The van der Waals surface area contributed by atoms with E-state index in [4.69, 9.17) is 28.4 Å². The van der Waals surface area contributed by atoms with Gasteiger partial charge in [-0.3, -0.25) is 0 Å². The van der Waals surface area contributed by atoms with E-state index < -0.39 is 29.8 Å². The maximum absolute atomic E-state index is 12.5. The minimum absolute atomic E-state index is 0.103. The number of hydrogen-bond donors (Lipinski definition) is 0. The third-order valence-electron chi connectivity index (χ3n) is 5.64. The highest BCUT2D eigenvalue weighted by Crippen LogP contribution is 2.19. The number of rotatable bonds is 16. The summed E-state index contributed by atoms with van der Waals surface area (Å²) < 4.78 is 31.0. The maximum atomic E-state index is 12.5. The first-order chi connectivity index (χ1) is 21.3. The van der Waals surface area contributed by atoms with Crippen LogP contribution in [0.2, 0.25) is 0 Å². The Bertz CT molecular complexity index is 1460. The van der Waals surface area contributed by atoms with Crippen LogP contribution in [0.5, 0.6) is 17.2 Å². The van der Waals surface area contributed by atoms with Crippen molar-refractivity contribution in [2.45, 2.75) is 12.8 Å². The minimum atomic E-state index is -0.657. The summed E-state index contributed by atoms with van der Waals surface area (Å²) >= 11 is 0. The van der Waals surface area contributed by atoms with Crippen LogP contribution in [0.1, 0.15) is 43.9 Å². The van der Waals surface area contributed by atoms with E-state index >= 15 is 0 Å². The molecule has 0 N–H and O–H groups in total. The molecule has 0 amide bonds. The Hall–Kier alpha value is -5.71. The molecular weight excluding hydrogens is 572 g/mol. The zero-order valence-electron chi connectivity index (χ0n) is 23.7. The number of hydrogen-bond acceptors (Lipinski definition) is 11. The minimum Gasteiger partial charge on any atom is -0.494 e. The second kappa shape index (κ2) is 17.3. The fourth-order valence-corrected chi connectivity index (χ4v) is 3.38. The molecular formula is C33H30O11. The van der Waals surface area contributed by atoms with Gasteiger partial charge in [0.25, 0.3) is 0 Å². The van der Waals surface area contributed by atoms with E-state index in [0.29, 0.717) is 30.8 Å². The Balaban J connectivity index is 1.41. The Kier molecular flexibility index (Phi) is 12.9. The third kappa shape index (κ3) is 10.9. The topological polar surface area (TPSA) is 141 Å². The average Bonchev–Trinajstić information content (AvgIpc) is 3.05. The molecule has 11 nitrogen and oxygen atoms in total. The summed E-state index contributed by atoms with van der Waals surface area (Å²) in [7, 11) is 0. The molecule has 0 fully saturated rings. The molecule has 3 rings (SSSR count). The van der Waals surface area contributed by atoms with Gasteiger partial charge in [0, 0.05) is 12.2 Å². The molecule has 0 aliphatic heterocycles. The van der Waals surface area contributed by atoms with E-state index in [9.17, 15) is 24.0 Å². The molecule has 44 heavy (non-hydrogen) atoms. The smallest absolute Gasteiger partial charge is 0.343 e. The first-order valence-electron chi connectivity index (χ1n) is 13.4. The van der Waals surface area contributed by atoms with Gasteiger partial charge in [-0.1, -0.05) is 13.2 Å². The van der Waals surface area contributed by atoms with E-state index in [2.05, 4.69) is 13.2 Å². The van der Waals surface area contributed by atoms with Gasteiger partial charge in [-0.15, -0.1) is 0 Å². The standard InChI is InChI=1S/C33H30O11/c1-3-29(34)40-20-6-5-19-39-26-13-7-24(8-14-26)32(37)44-28-17-11-25(12-18-28)33(38)43-27-15-9-23(10-16-27)31(36)42-22-21-41-30(35)4-2/h3-4,7-18H,1-2,5-6,19-22H2. The van der Waals surface area contributed by atoms with Crippen LogP contribution in [0.4, 0.5) is 0 Å². The molecule has 0 atom stereocenters. The number of carbonyl (C=O) groups is 5. The Morgan fingerprint density at radius 3 is 1.34 bits per heavy atom. The van der Waals surface area contributed by atoms with Crippen molar-refractivity contribution < 1.29 is 52.4 Å². The van der Waals surface area contributed by atoms with Crippen LogP contribution in [0.25, 0.3) is 0 Å². The van der Waals surface area contributed by atoms with Gasteiger partial charge in [-0.25, -0.2) is 24.0 Å². The van der Waals surface area contributed by atoms with Gasteiger partial charge in [0.05, 0.1) is 29.9 Å². The second-order valence-electron chi connectivity index (χ2n) is 8.79. The van der Waals surface area contributed by atoms with Crippen molar-refractivity contribution in [1.82, 2.24) is 0 Å². The van der Waals surface area contributed by atoms with Crippen molar-refractivity contribution in [3.8, 4) is 17.2 Å². The van der Waals surface area contributed by atoms with Gasteiger partial charge < -0.3 is 28.4 Å². The van der Waals surface area contributed by atoms with Gasteiger partial charge in [-0.2, -0.15) is 0 Å². The lowest BCUT2D eigenvalue weighted by molar-refractivity contribution is -0.139. The maximum Gasteiger partial charge on any atom is 0.343 e. The molecule has 0 spiro atoms. The van der Waals surface area contributed by atoms with Gasteiger partial charge in [0.2, 0.25) is 0 Å². The highest BCUT2D eigenvalue weighted by atomic mass is 16.6. The summed E-state index contributed by atoms with van der Waals surface area (Å²) in [6.45, 7) is 7.07. The van der Waals surface area contributed by atoms with Gasteiger partial charge in [0.15, 0.2) is 0 Å². The lowest BCUT2D eigenvalue weighted by Gasteiger charge is -2.09. The summed E-state index contributed by atoms with van der Waals surface area (Å²) in [6.07, 6.45) is 3.44. The van der Waals surface area contributed by atoms with Crippen LogP contribution < -0.4 is 14.2 Å². The molecule has 11 heteroatoms. The van der Waals surface area contributed by atoms with E-state index in [-0.39, 0.29) is 42.4 Å². The van der Waals surface area contributed by atoms with Crippen LogP contribution in [0.15, 0.2) is 98.1 Å². The van der Waals surface area contributed by atoms with Crippen LogP contribution >= 0.6 is 0 Å². The molecule has 0 aliphatic rings. The molecule has 3 aromatic carbocycles. The van der Waals surface area contributed by atoms with Crippen LogP contribution in [-0.2, 0) is 23.8 Å². The van der Waals surface area contributed by atoms with Crippen molar-refractivity contribution in [2.75, 3.05) is 26.4 Å². The fraction of sp³-hybridized carbons (Fsp3) is 0.182. The highest BCUT2D eigenvalue weighted by molar-refractivity contribution is 5.93. The van der Waals surface area contributed by atoms with Crippen molar-refractivity contribution >= 4 is 29.8 Å². The van der Waals surface area contributed by atoms with Crippen molar-refractivity contribution in [2.24, 2.45) is 0 Å². The van der Waals surface area contributed by atoms with Crippen molar-refractivity contribution in [3.63, 3.8) is 0 Å². The number of carbonyl (C=O) groups excluding carboxylic acids is 5.